The largest absolute Gasteiger partial charge is 0.236 e. The van der Waals surface area contributed by atoms with Crippen molar-refractivity contribution in [2.45, 2.75) is 5.33 Å². The van der Waals surface area contributed by atoms with Crippen molar-refractivity contribution in [3.05, 3.63) is 54.1 Å². The molecule has 0 saturated carbocycles. The Morgan fingerprint density at radius 1 is 1.00 bits per heavy atom. The fourth-order valence-corrected chi connectivity index (χ4v) is 3.29. The lowest BCUT2D eigenvalue weighted by atomic mass is 10.2. The molecule has 0 N–H and O–H groups in total. The monoisotopic (exact) mass is 303 g/mol. The molecular formula is C14H10BrNS. The molecule has 0 spiro atoms. The van der Waals surface area contributed by atoms with Crippen molar-refractivity contribution < 1.29 is 0 Å². The summed E-state index contributed by atoms with van der Waals surface area (Å²) in [6.45, 7) is 0. The van der Waals surface area contributed by atoms with Crippen LogP contribution in [0, 0.1) is 0 Å². The molecule has 0 saturated heterocycles. The standard InChI is InChI=1S/C14H10BrNS/c15-9-11-7-4-8-12-13(11)16-14(17-12)10-5-2-1-3-6-10/h1-8H,9H2. The summed E-state index contributed by atoms with van der Waals surface area (Å²) in [5.41, 5.74) is 3.56. The zero-order chi connectivity index (χ0) is 11.7. The number of alkyl halides is 1. The van der Waals surface area contributed by atoms with Gasteiger partial charge in [-0.1, -0.05) is 58.4 Å². The summed E-state index contributed by atoms with van der Waals surface area (Å²) in [5.74, 6) is 0. The Morgan fingerprint density at radius 3 is 2.59 bits per heavy atom. The van der Waals surface area contributed by atoms with Crippen LogP contribution in [-0.2, 0) is 5.33 Å². The van der Waals surface area contributed by atoms with Gasteiger partial charge in [0.1, 0.15) is 5.01 Å². The molecule has 0 aliphatic heterocycles. The van der Waals surface area contributed by atoms with Gasteiger partial charge in [-0.3, -0.25) is 0 Å². The van der Waals surface area contributed by atoms with Gasteiger partial charge in [-0.2, -0.15) is 0 Å². The summed E-state index contributed by atoms with van der Waals surface area (Å²) in [6, 6.07) is 16.7. The molecule has 0 unspecified atom stereocenters. The topological polar surface area (TPSA) is 12.9 Å². The molecule has 0 aliphatic rings. The third-order valence-corrected chi connectivity index (χ3v) is 4.34. The normalized spacial score (nSPS) is 10.9. The lowest BCUT2D eigenvalue weighted by molar-refractivity contribution is 1.40. The van der Waals surface area contributed by atoms with Gasteiger partial charge in [-0.15, -0.1) is 11.3 Å². The molecule has 3 aromatic rings. The molecule has 1 heterocycles. The minimum Gasteiger partial charge on any atom is -0.236 e. The Balaban J connectivity index is 2.20. The number of hydrogen-bond donors (Lipinski definition) is 0. The highest BCUT2D eigenvalue weighted by Crippen LogP contribution is 2.32. The number of hydrogen-bond acceptors (Lipinski definition) is 2. The van der Waals surface area contributed by atoms with E-state index in [1.54, 1.807) is 11.3 Å². The van der Waals surface area contributed by atoms with Crippen LogP contribution in [0.1, 0.15) is 5.56 Å². The fourth-order valence-electron chi connectivity index (χ4n) is 1.82. The molecule has 84 valence electrons. The summed E-state index contributed by atoms with van der Waals surface area (Å²) in [5, 5.41) is 1.94. The molecule has 1 nitrogen and oxygen atoms in total. The molecule has 3 heteroatoms. The van der Waals surface area contributed by atoms with Crippen LogP contribution in [0.3, 0.4) is 0 Å². The molecule has 0 fully saturated rings. The fraction of sp³-hybridized carbons (Fsp3) is 0.0714. The Bertz CT molecular complexity index is 646. The van der Waals surface area contributed by atoms with E-state index in [-0.39, 0.29) is 0 Å². The molecule has 0 atom stereocenters. The maximum absolute atomic E-state index is 4.74. The SMILES string of the molecule is BrCc1cccc2sc(-c3ccccc3)nc12. The number of nitrogens with zero attached hydrogens (tertiary/aromatic N) is 1. The van der Waals surface area contributed by atoms with Crippen molar-refractivity contribution >= 4 is 37.5 Å². The van der Waals surface area contributed by atoms with Crippen LogP contribution in [-0.4, -0.2) is 4.98 Å². The first kappa shape index (κ1) is 10.9. The lowest BCUT2D eigenvalue weighted by Crippen LogP contribution is -1.80. The summed E-state index contributed by atoms with van der Waals surface area (Å²) in [4.78, 5) is 4.74. The van der Waals surface area contributed by atoms with Gasteiger partial charge < -0.3 is 0 Å². The molecule has 2 aromatic carbocycles. The van der Waals surface area contributed by atoms with Gasteiger partial charge in [-0.25, -0.2) is 4.98 Å². The molecule has 0 bridgehead atoms. The van der Waals surface area contributed by atoms with E-state index in [2.05, 4.69) is 46.3 Å². The highest BCUT2D eigenvalue weighted by atomic mass is 79.9. The second-order valence-corrected chi connectivity index (χ2v) is 5.37. The minimum absolute atomic E-state index is 0.850. The first-order valence-corrected chi connectivity index (χ1v) is 7.32. The van der Waals surface area contributed by atoms with Gasteiger partial charge >= 0.3 is 0 Å². The Labute approximate surface area is 112 Å². The van der Waals surface area contributed by atoms with Gasteiger partial charge in [-0.05, 0) is 11.6 Å². The zero-order valence-corrected chi connectivity index (χ0v) is 11.5. The molecule has 0 aliphatic carbocycles. The van der Waals surface area contributed by atoms with Crippen molar-refractivity contribution in [3.8, 4) is 10.6 Å². The number of benzene rings is 2. The summed E-state index contributed by atoms with van der Waals surface area (Å²) in [6.07, 6.45) is 0. The van der Waals surface area contributed by atoms with Crippen molar-refractivity contribution in [2.24, 2.45) is 0 Å². The second kappa shape index (κ2) is 4.59. The number of halogens is 1. The first-order valence-electron chi connectivity index (χ1n) is 5.38. The number of aromatic nitrogens is 1. The van der Waals surface area contributed by atoms with E-state index in [0.29, 0.717) is 0 Å². The van der Waals surface area contributed by atoms with E-state index in [0.717, 1.165) is 15.9 Å². The van der Waals surface area contributed by atoms with Crippen LogP contribution >= 0.6 is 27.3 Å². The van der Waals surface area contributed by atoms with E-state index in [1.807, 2.05) is 18.2 Å². The van der Waals surface area contributed by atoms with E-state index < -0.39 is 0 Å². The minimum atomic E-state index is 0.850. The first-order chi connectivity index (χ1) is 8.38. The molecular weight excluding hydrogens is 294 g/mol. The Morgan fingerprint density at radius 2 is 1.82 bits per heavy atom. The third-order valence-electron chi connectivity index (χ3n) is 2.67. The Kier molecular flexibility index (Phi) is 2.95. The third kappa shape index (κ3) is 2.01. The van der Waals surface area contributed by atoms with Gasteiger partial charge in [0.2, 0.25) is 0 Å². The van der Waals surface area contributed by atoms with Gasteiger partial charge in [0, 0.05) is 10.9 Å². The number of rotatable bonds is 2. The molecule has 3 rings (SSSR count). The number of thiazole rings is 1. The van der Waals surface area contributed by atoms with Crippen LogP contribution in [0.15, 0.2) is 48.5 Å². The highest BCUT2D eigenvalue weighted by Gasteiger charge is 2.08. The van der Waals surface area contributed by atoms with Crippen molar-refractivity contribution in [2.75, 3.05) is 0 Å². The second-order valence-electron chi connectivity index (χ2n) is 3.78. The van der Waals surface area contributed by atoms with Crippen molar-refractivity contribution in [1.82, 2.24) is 4.98 Å². The van der Waals surface area contributed by atoms with Crippen LogP contribution in [0.5, 0.6) is 0 Å². The van der Waals surface area contributed by atoms with Crippen molar-refractivity contribution in [3.63, 3.8) is 0 Å². The predicted octanol–water partition coefficient (Wildman–Crippen LogP) is 4.86. The number of para-hydroxylation sites is 1. The highest BCUT2D eigenvalue weighted by molar-refractivity contribution is 9.08. The summed E-state index contributed by atoms with van der Waals surface area (Å²) in [7, 11) is 0. The maximum atomic E-state index is 4.74. The quantitative estimate of drug-likeness (QED) is 0.616. The van der Waals surface area contributed by atoms with Crippen molar-refractivity contribution in [1.29, 1.82) is 0 Å². The average Bonchev–Trinajstić information content (AvgIpc) is 2.83. The Hall–Kier alpha value is -1.19. The lowest BCUT2D eigenvalue weighted by Gasteiger charge is -1.95. The van der Waals surface area contributed by atoms with E-state index in [9.17, 15) is 0 Å². The van der Waals surface area contributed by atoms with E-state index in [1.165, 1.54) is 15.8 Å². The van der Waals surface area contributed by atoms with Crippen LogP contribution in [0.4, 0.5) is 0 Å². The van der Waals surface area contributed by atoms with Crippen LogP contribution < -0.4 is 0 Å². The maximum Gasteiger partial charge on any atom is 0.124 e. The van der Waals surface area contributed by atoms with Crippen LogP contribution in [0.25, 0.3) is 20.8 Å². The molecule has 0 amide bonds. The molecule has 17 heavy (non-hydrogen) atoms. The molecule has 1 aromatic heterocycles. The van der Waals surface area contributed by atoms with Gasteiger partial charge in [0.25, 0.3) is 0 Å². The van der Waals surface area contributed by atoms with Crippen LogP contribution in [0.2, 0.25) is 0 Å². The molecule has 0 radical (unpaired) electrons. The zero-order valence-electron chi connectivity index (χ0n) is 9.06. The van der Waals surface area contributed by atoms with E-state index >= 15 is 0 Å². The smallest absolute Gasteiger partial charge is 0.124 e. The predicted molar refractivity (Wildman–Crippen MR) is 77.7 cm³/mol. The van der Waals surface area contributed by atoms with E-state index in [4.69, 9.17) is 4.98 Å². The van der Waals surface area contributed by atoms with Gasteiger partial charge in [0.15, 0.2) is 0 Å². The summed E-state index contributed by atoms with van der Waals surface area (Å²) >= 11 is 5.26. The number of fused-ring (bicyclic) bond motifs is 1. The summed E-state index contributed by atoms with van der Waals surface area (Å²) < 4.78 is 1.25. The average molecular weight is 304 g/mol. The van der Waals surface area contributed by atoms with Gasteiger partial charge in [0.05, 0.1) is 10.2 Å².